The molecule has 0 heteroatoms. The molecule has 0 unspecified atom stereocenters. The van der Waals surface area contributed by atoms with Crippen molar-refractivity contribution in [3.05, 3.63) is 35.4 Å². The van der Waals surface area contributed by atoms with E-state index in [9.17, 15) is 0 Å². The first-order valence-corrected chi connectivity index (χ1v) is 16.3. The standard InChI is InChI=1S/C35H56/c1-3-5-7-9-29-10-14-30(15-11-29)31-16-20-33(21-17-31)35-25-22-34(23-26-35,24-27-35)32-18-12-28(13-19-32)8-6-4-2/h16-17,20-21,28-30,32H,3-15,18-19,22-27H2,1-2H3/t28-,29-,30-,32-,34?,35?. The molecule has 5 fully saturated rings. The van der Waals surface area contributed by atoms with E-state index in [-0.39, 0.29) is 0 Å². The van der Waals surface area contributed by atoms with Crippen LogP contribution in [-0.2, 0) is 5.41 Å². The molecule has 0 aliphatic heterocycles. The van der Waals surface area contributed by atoms with Gasteiger partial charge >= 0.3 is 0 Å². The van der Waals surface area contributed by atoms with Gasteiger partial charge < -0.3 is 0 Å². The quantitative estimate of drug-likeness (QED) is 0.294. The fourth-order valence-corrected chi connectivity index (χ4v) is 9.39. The highest BCUT2D eigenvalue weighted by molar-refractivity contribution is 5.33. The fourth-order valence-electron chi connectivity index (χ4n) is 9.39. The van der Waals surface area contributed by atoms with Crippen LogP contribution in [0.2, 0.25) is 0 Å². The largest absolute Gasteiger partial charge is 0.0654 e. The zero-order chi connectivity index (χ0) is 24.1. The molecule has 0 spiro atoms. The lowest BCUT2D eigenvalue weighted by Gasteiger charge is -2.58. The Labute approximate surface area is 218 Å². The second-order valence-corrected chi connectivity index (χ2v) is 13.8. The summed E-state index contributed by atoms with van der Waals surface area (Å²) >= 11 is 0. The second-order valence-electron chi connectivity index (χ2n) is 13.8. The molecule has 5 aliphatic rings. The Morgan fingerprint density at radius 1 is 0.600 bits per heavy atom. The minimum Gasteiger partial charge on any atom is -0.0654 e. The summed E-state index contributed by atoms with van der Waals surface area (Å²) < 4.78 is 0. The SMILES string of the molecule is CCCCC[C@H]1CC[C@H](c2ccc(C34CCC([C@H]5CC[C@H](CCCC)CC5)(CC3)CC4)cc2)CC1. The van der Waals surface area contributed by atoms with Gasteiger partial charge in [-0.25, -0.2) is 0 Å². The minimum absolute atomic E-state index is 0.523. The van der Waals surface area contributed by atoms with Gasteiger partial charge in [0.1, 0.15) is 0 Å². The fraction of sp³-hybridized carbons (Fsp3) is 0.829. The summed E-state index contributed by atoms with van der Waals surface area (Å²) in [5.74, 6) is 3.97. The molecule has 0 radical (unpaired) electrons. The van der Waals surface area contributed by atoms with E-state index in [0.717, 1.165) is 29.1 Å². The number of benzene rings is 1. The Morgan fingerprint density at radius 3 is 1.71 bits per heavy atom. The lowest BCUT2D eigenvalue weighted by Crippen LogP contribution is -2.48. The summed E-state index contributed by atoms with van der Waals surface area (Å²) in [6, 6.07) is 10.3. The maximum absolute atomic E-state index is 2.58. The Balaban J connectivity index is 1.12. The van der Waals surface area contributed by atoms with Crippen LogP contribution in [0, 0.1) is 23.2 Å². The third-order valence-corrected chi connectivity index (χ3v) is 12.0. The summed E-state index contributed by atoms with van der Waals surface area (Å²) in [7, 11) is 0. The Bertz CT molecular complexity index is 731. The Morgan fingerprint density at radius 2 is 1.14 bits per heavy atom. The molecule has 5 aliphatic carbocycles. The molecule has 0 saturated heterocycles. The van der Waals surface area contributed by atoms with Crippen LogP contribution in [0.5, 0.6) is 0 Å². The summed E-state index contributed by atoms with van der Waals surface area (Å²) in [5, 5.41) is 0. The normalized spacial score (nSPS) is 37.4. The van der Waals surface area contributed by atoms with Gasteiger partial charge in [0.2, 0.25) is 0 Å². The molecule has 1 aromatic rings. The van der Waals surface area contributed by atoms with Gasteiger partial charge in [-0.2, -0.15) is 0 Å². The highest BCUT2D eigenvalue weighted by Crippen LogP contribution is 2.62. The summed E-state index contributed by atoms with van der Waals surface area (Å²) in [4.78, 5) is 0. The van der Waals surface area contributed by atoms with Gasteiger partial charge in [0.05, 0.1) is 0 Å². The van der Waals surface area contributed by atoms with E-state index in [1.807, 2.05) is 0 Å². The highest BCUT2D eigenvalue weighted by atomic mass is 14.6. The molecule has 6 rings (SSSR count). The second kappa shape index (κ2) is 11.7. The van der Waals surface area contributed by atoms with E-state index >= 15 is 0 Å². The van der Waals surface area contributed by atoms with E-state index in [1.54, 1.807) is 36.8 Å². The third-order valence-electron chi connectivity index (χ3n) is 12.0. The van der Waals surface area contributed by atoms with Crippen molar-refractivity contribution in [3.63, 3.8) is 0 Å². The monoisotopic (exact) mass is 476 g/mol. The predicted molar refractivity (Wildman–Crippen MR) is 152 cm³/mol. The van der Waals surface area contributed by atoms with E-state index in [4.69, 9.17) is 0 Å². The summed E-state index contributed by atoms with van der Waals surface area (Å²) in [6.07, 6.45) is 31.1. The van der Waals surface area contributed by atoms with Crippen molar-refractivity contribution in [2.45, 2.75) is 160 Å². The maximum atomic E-state index is 2.58. The topological polar surface area (TPSA) is 0 Å². The molecule has 196 valence electrons. The van der Waals surface area contributed by atoms with E-state index < -0.39 is 0 Å². The summed E-state index contributed by atoms with van der Waals surface area (Å²) in [5.41, 5.74) is 4.60. The molecule has 5 saturated carbocycles. The number of unbranched alkanes of at least 4 members (excludes halogenated alkanes) is 3. The van der Waals surface area contributed by atoms with Gasteiger partial charge in [-0.05, 0) is 123 Å². The van der Waals surface area contributed by atoms with E-state index in [2.05, 4.69) is 38.1 Å². The third kappa shape index (κ3) is 5.72. The van der Waals surface area contributed by atoms with Crippen LogP contribution in [0.15, 0.2) is 24.3 Å². The first-order valence-electron chi connectivity index (χ1n) is 16.3. The number of fused-ring (bicyclic) bond motifs is 3. The van der Waals surface area contributed by atoms with Gasteiger partial charge in [-0.3, -0.25) is 0 Å². The lowest BCUT2D eigenvalue weighted by atomic mass is 9.47. The average Bonchev–Trinajstić information content (AvgIpc) is 2.94. The first kappa shape index (κ1) is 25.9. The highest BCUT2D eigenvalue weighted by Gasteiger charge is 2.52. The Kier molecular flexibility index (Phi) is 8.66. The van der Waals surface area contributed by atoms with Crippen LogP contribution < -0.4 is 0 Å². The van der Waals surface area contributed by atoms with E-state index in [1.165, 1.54) is 109 Å². The van der Waals surface area contributed by atoms with Crippen LogP contribution in [-0.4, -0.2) is 0 Å². The van der Waals surface area contributed by atoms with Crippen molar-refractivity contribution in [1.29, 1.82) is 0 Å². The molecule has 0 heterocycles. The van der Waals surface area contributed by atoms with Gasteiger partial charge in [0.25, 0.3) is 0 Å². The van der Waals surface area contributed by atoms with Crippen LogP contribution in [0.3, 0.4) is 0 Å². The van der Waals surface area contributed by atoms with Gasteiger partial charge in [-0.15, -0.1) is 0 Å². The van der Waals surface area contributed by atoms with Crippen molar-refractivity contribution < 1.29 is 0 Å². The molecule has 35 heavy (non-hydrogen) atoms. The van der Waals surface area contributed by atoms with Gasteiger partial charge in [-0.1, -0.05) is 95.9 Å². The number of hydrogen-bond donors (Lipinski definition) is 0. The first-order chi connectivity index (χ1) is 17.2. The average molecular weight is 477 g/mol. The van der Waals surface area contributed by atoms with Crippen molar-refractivity contribution in [2.24, 2.45) is 23.2 Å². The lowest BCUT2D eigenvalue weighted by molar-refractivity contribution is -0.0294. The zero-order valence-corrected chi connectivity index (χ0v) is 23.5. The van der Waals surface area contributed by atoms with Crippen molar-refractivity contribution in [3.8, 4) is 0 Å². The molecular weight excluding hydrogens is 420 g/mol. The number of rotatable bonds is 10. The molecule has 0 N–H and O–H groups in total. The molecule has 0 nitrogen and oxygen atoms in total. The minimum atomic E-state index is 0.523. The van der Waals surface area contributed by atoms with Crippen LogP contribution >= 0.6 is 0 Å². The Hall–Kier alpha value is -0.780. The smallest absolute Gasteiger partial charge is 0.00463 e. The van der Waals surface area contributed by atoms with Crippen molar-refractivity contribution in [2.75, 3.05) is 0 Å². The molecular formula is C35H56. The molecule has 0 aromatic heterocycles. The molecule has 1 aromatic carbocycles. The molecule has 2 bridgehead atoms. The van der Waals surface area contributed by atoms with Crippen LogP contribution in [0.25, 0.3) is 0 Å². The van der Waals surface area contributed by atoms with Crippen LogP contribution in [0.1, 0.15) is 166 Å². The molecule has 0 atom stereocenters. The molecule has 0 amide bonds. The van der Waals surface area contributed by atoms with Gasteiger partial charge in [0, 0.05) is 0 Å². The van der Waals surface area contributed by atoms with Crippen molar-refractivity contribution >= 4 is 0 Å². The predicted octanol–water partition coefficient (Wildman–Crippen LogP) is 11.1. The van der Waals surface area contributed by atoms with E-state index in [0.29, 0.717) is 5.41 Å². The van der Waals surface area contributed by atoms with Crippen molar-refractivity contribution in [1.82, 2.24) is 0 Å². The maximum Gasteiger partial charge on any atom is -0.00463 e. The van der Waals surface area contributed by atoms with Gasteiger partial charge in [0.15, 0.2) is 0 Å². The summed E-state index contributed by atoms with van der Waals surface area (Å²) in [6.45, 7) is 4.69. The zero-order valence-electron chi connectivity index (χ0n) is 23.5. The van der Waals surface area contributed by atoms with Crippen LogP contribution in [0.4, 0.5) is 0 Å². The number of hydrogen-bond acceptors (Lipinski definition) is 0.